The quantitative estimate of drug-likeness (QED) is 0.206. The van der Waals surface area contributed by atoms with Crippen molar-refractivity contribution in [3.8, 4) is 0 Å². The van der Waals surface area contributed by atoms with Gasteiger partial charge in [-0.25, -0.2) is 17.6 Å². The number of carbonyl (C=O) groups is 3. The van der Waals surface area contributed by atoms with Gasteiger partial charge in [-0.2, -0.15) is 0 Å². The van der Waals surface area contributed by atoms with E-state index in [1.54, 1.807) is 60.7 Å². The predicted molar refractivity (Wildman–Crippen MR) is 164 cm³/mol. The molecule has 4 aromatic rings. The molecule has 4 atom stereocenters. The minimum atomic E-state index is -0.818. The predicted octanol–water partition coefficient (Wildman–Crippen LogP) is 7.70. The maximum Gasteiger partial charge on any atom is 0.254 e. The summed E-state index contributed by atoms with van der Waals surface area (Å²) in [5, 5.41) is 0. The van der Waals surface area contributed by atoms with Crippen molar-refractivity contribution < 1.29 is 31.9 Å². The van der Waals surface area contributed by atoms with Crippen molar-refractivity contribution in [3.63, 3.8) is 0 Å². The third kappa shape index (κ3) is 6.32. The van der Waals surface area contributed by atoms with Crippen LogP contribution in [0, 0.1) is 35.1 Å². The van der Waals surface area contributed by atoms with Gasteiger partial charge in [0.1, 0.15) is 29.1 Å². The molecule has 4 unspecified atom stereocenters. The molecule has 236 valence electrons. The Morgan fingerprint density at radius 2 is 0.935 bits per heavy atom. The summed E-state index contributed by atoms with van der Waals surface area (Å²) in [6, 6.07) is 21.9. The van der Waals surface area contributed by atoms with Crippen molar-refractivity contribution >= 4 is 17.6 Å². The van der Waals surface area contributed by atoms with Crippen LogP contribution in [0.2, 0.25) is 0 Å². The lowest BCUT2D eigenvalue weighted by atomic mass is 9.75. The first kappa shape index (κ1) is 31.2. The number of ketones is 1. The van der Waals surface area contributed by atoms with Crippen LogP contribution in [0.15, 0.2) is 97.1 Å². The van der Waals surface area contributed by atoms with Crippen LogP contribution in [0.1, 0.15) is 69.6 Å². The highest BCUT2D eigenvalue weighted by molar-refractivity contribution is 5.95. The topological polar surface area (TPSA) is 57.7 Å². The average Bonchev–Trinajstić information content (AvgIpc) is 3.08. The number of nitrogens with zero attached hydrogens (tertiary/aromatic N) is 2. The Balaban J connectivity index is 1.28. The standard InChI is InChI=1S/C37H32F4N2O3/c38-27-11-13-29(31(40)21-27)33-19-25(15-17-42(33)36(45)23-7-3-1-4-8-23)35(44)26-16-18-43(37(46)24-9-5-2-6-10-24)34(20-26)30-14-12-28(39)22-32(30)41/h1-14,21-22,25-26,33-34H,15-20H2. The lowest BCUT2D eigenvalue weighted by Gasteiger charge is -2.43. The first-order valence-corrected chi connectivity index (χ1v) is 15.4. The second kappa shape index (κ2) is 13.3. The molecule has 2 aliphatic rings. The molecular formula is C37H32F4N2O3. The van der Waals surface area contributed by atoms with E-state index in [4.69, 9.17) is 0 Å². The normalized spacial score (nSPS) is 21.6. The first-order chi connectivity index (χ1) is 22.2. The Kier molecular flexibility index (Phi) is 9.01. The molecule has 2 saturated heterocycles. The van der Waals surface area contributed by atoms with Gasteiger partial charge in [0, 0.05) is 59.3 Å². The molecule has 0 radical (unpaired) electrons. The van der Waals surface area contributed by atoms with E-state index in [0.29, 0.717) is 24.0 Å². The summed E-state index contributed by atoms with van der Waals surface area (Å²) >= 11 is 0. The molecule has 46 heavy (non-hydrogen) atoms. The molecule has 0 aromatic heterocycles. The van der Waals surface area contributed by atoms with Gasteiger partial charge in [0.05, 0.1) is 12.1 Å². The lowest BCUT2D eigenvalue weighted by Crippen LogP contribution is -2.46. The van der Waals surface area contributed by atoms with Gasteiger partial charge in [-0.05, 0) is 62.1 Å². The van der Waals surface area contributed by atoms with Gasteiger partial charge in [0.15, 0.2) is 0 Å². The summed E-state index contributed by atoms with van der Waals surface area (Å²) in [5.74, 6) is -4.97. The number of halogens is 4. The minimum Gasteiger partial charge on any atom is -0.331 e. The molecular weight excluding hydrogens is 596 g/mol. The Labute approximate surface area is 264 Å². The van der Waals surface area contributed by atoms with Crippen LogP contribution in [0.25, 0.3) is 0 Å². The molecule has 0 N–H and O–H groups in total. The molecule has 0 spiro atoms. The molecule has 0 saturated carbocycles. The summed E-state index contributed by atoms with van der Waals surface area (Å²) in [4.78, 5) is 44.3. The summed E-state index contributed by atoms with van der Waals surface area (Å²) < 4.78 is 58.0. The molecule has 2 heterocycles. The highest BCUT2D eigenvalue weighted by atomic mass is 19.1. The van der Waals surface area contributed by atoms with E-state index in [2.05, 4.69) is 0 Å². The SMILES string of the molecule is O=C(C1CCN(C(=O)c2ccccc2)C(c2ccc(F)cc2F)C1)C1CCN(C(=O)c2ccccc2)C(c2ccc(F)cc2F)C1. The number of hydrogen-bond acceptors (Lipinski definition) is 3. The largest absolute Gasteiger partial charge is 0.331 e. The van der Waals surface area contributed by atoms with Gasteiger partial charge >= 0.3 is 0 Å². The van der Waals surface area contributed by atoms with E-state index >= 15 is 8.78 Å². The zero-order chi connectivity index (χ0) is 32.4. The third-order valence-corrected chi connectivity index (χ3v) is 9.22. The van der Waals surface area contributed by atoms with Crippen LogP contribution in [-0.2, 0) is 4.79 Å². The summed E-state index contributed by atoms with van der Waals surface area (Å²) in [6.45, 7) is 0.347. The fraction of sp³-hybridized carbons (Fsp3) is 0.270. The Bertz CT molecular complexity index is 1620. The van der Waals surface area contributed by atoms with E-state index in [-0.39, 0.29) is 54.7 Å². The second-order valence-electron chi connectivity index (χ2n) is 11.9. The Morgan fingerprint density at radius 1 is 0.543 bits per heavy atom. The van der Waals surface area contributed by atoms with Crippen molar-refractivity contribution in [3.05, 3.63) is 143 Å². The number of amides is 2. The van der Waals surface area contributed by atoms with Crippen LogP contribution in [0.3, 0.4) is 0 Å². The first-order valence-electron chi connectivity index (χ1n) is 15.4. The number of hydrogen-bond donors (Lipinski definition) is 0. The van der Waals surface area contributed by atoms with Crippen molar-refractivity contribution in [2.24, 2.45) is 11.8 Å². The second-order valence-corrected chi connectivity index (χ2v) is 11.9. The number of piperidine rings is 2. The summed E-state index contributed by atoms with van der Waals surface area (Å²) in [5.41, 5.74) is 1.08. The number of benzene rings is 4. The van der Waals surface area contributed by atoms with Gasteiger partial charge in [0.2, 0.25) is 0 Å². The number of Topliss-reactive ketones (excluding diaryl/α,β-unsaturated/α-hetero) is 1. The van der Waals surface area contributed by atoms with Gasteiger partial charge in [-0.3, -0.25) is 14.4 Å². The zero-order valence-corrected chi connectivity index (χ0v) is 24.9. The van der Waals surface area contributed by atoms with E-state index in [0.717, 1.165) is 24.3 Å². The monoisotopic (exact) mass is 628 g/mol. The molecule has 2 aliphatic heterocycles. The van der Waals surface area contributed by atoms with Gasteiger partial charge < -0.3 is 9.80 Å². The van der Waals surface area contributed by atoms with Crippen LogP contribution < -0.4 is 0 Å². The van der Waals surface area contributed by atoms with Crippen molar-refractivity contribution in [1.82, 2.24) is 9.80 Å². The minimum absolute atomic E-state index is 0.112. The maximum absolute atomic E-state index is 15.2. The highest BCUT2D eigenvalue weighted by Crippen LogP contribution is 2.42. The number of carbonyl (C=O) groups excluding carboxylic acids is 3. The molecule has 4 aromatic carbocycles. The molecule has 2 amide bonds. The lowest BCUT2D eigenvalue weighted by molar-refractivity contribution is -0.131. The number of likely N-dealkylation sites (tertiary alicyclic amines) is 2. The maximum atomic E-state index is 15.2. The Morgan fingerprint density at radius 3 is 1.30 bits per heavy atom. The van der Waals surface area contributed by atoms with Gasteiger partial charge in [-0.15, -0.1) is 0 Å². The summed E-state index contributed by atoms with van der Waals surface area (Å²) in [6.07, 6.45) is 0.905. The molecule has 9 heteroatoms. The van der Waals surface area contributed by atoms with E-state index < -0.39 is 47.2 Å². The van der Waals surface area contributed by atoms with Gasteiger partial charge in [0.25, 0.3) is 11.8 Å². The fourth-order valence-corrected chi connectivity index (χ4v) is 6.89. The van der Waals surface area contributed by atoms with Gasteiger partial charge in [-0.1, -0.05) is 48.5 Å². The van der Waals surface area contributed by atoms with Crippen molar-refractivity contribution in [1.29, 1.82) is 0 Å². The summed E-state index contributed by atoms with van der Waals surface area (Å²) in [7, 11) is 0. The van der Waals surface area contributed by atoms with Crippen LogP contribution >= 0.6 is 0 Å². The number of rotatable bonds is 6. The van der Waals surface area contributed by atoms with Crippen LogP contribution in [0.5, 0.6) is 0 Å². The highest BCUT2D eigenvalue weighted by Gasteiger charge is 2.42. The van der Waals surface area contributed by atoms with E-state index in [1.165, 1.54) is 21.9 Å². The smallest absolute Gasteiger partial charge is 0.254 e. The molecule has 0 bridgehead atoms. The molecule has 0 aliphatic carbocycles. The Hall–Kier alpha value is -4.79. The van der Waals surface area contributed by atoms with E-state index in [1.807, 2.05) is 0 Å². The molecule has 2 fully saturated rings. The average molecular weight is 629 g/mol. The van der Waals surface area contributed by atoms with Crippen LogP contribution in [-0.4, -0.2) is 40.5 Å². The molecule has 5 nitrogen and oxygen atoms in total. The van der Waals surface area contributed by atoms with Crippen molar-refractivity contribution in [2.45, 2.75) is 37.8 Å². The van der Waals surface area contributed by atoms with Crippen molar-refractivity contribution in [2.75, 3.05) is 13.1 Å². The molecule has 6 rings (SSSR count). The zero-order valence-electron chi connectivity index (χ0n) is 24.9. The van der Waals surface area contributed by atoms with E-state index in [9.17, 15) is 23.2 Å². The fourth-order valence-electron chi connectivity index (χ4n) is 6.89. The van der Waals surface area contributed by atoms with Crippen LogP contribution in [0.4, 0.5) is 17.6 Å². The third-order valence-electron chi connectivity index (χ3n) is 9.22.